The van der Waals surface area contributed by atoms with Gasteiger partial charge in [-0.05, 0) is 42.0 Å². The minimum Gasteiger partial charge on any atom is -0.486 e. The highest BCUT2D eigenvalue weighted by atomic mass is 19.4. The van der Waals surface area contributed by atoms with Crippen molar-refractivity contribution >= 4 is 17.5 Å². The first-order valence-corrected chi connectivity index (χ1v) is 12.9. The van der Waals surface area contributed by atoms with Gasteiger partial charge in [-0.2, -0.15) is 0 Å². The van der Waals surface area contributed by atoms with Crippen LogP contribution in [0.3, 0.4) is 0 Å². The summed E-state index contributed by atoms with van der Waals surface area (Å²) in [6.45, 7) is 3.52. The van der Waals surface area contributed by atoms with E-state index >= 15 is 0 Å². The lowest BCUT2D eigenvalue weighted by Gasteiger charge is -2.36. The van der Waals surface area contributed by atoms with Crippen LogP contribution >= 0.6 is 0 Å². The number of hydrogen-bond acceptors (Lipinski definition) is 7. The van der Waals surface area contributed by atoms with Gasteiger partial charge >= 0.3 is 6.36 Å². The molecule has 0 spiro atoms. The fourth-order valence-corrected chi connectivity index (χ4v) is 5.30. The van der Waals surface area contributed by atoms with Crippen molar-refractivity contribution in [3.05, 3.63) is 83.4 Å². The molecule has 1 saturated heterocycles. The second-order valence-corrected chi connectivity index (χ2v) is 9.87. The van der Waals surface area contributed by atoms with Gasteiger partial charge in [-0.25, -0.2) is 0 Å². The van der Waals surface area contributed by atoms with Crippen LogP contribution in [0.2, 0.25) is 0 Å². The second kappa shape index (κ2) is 10.4. The number of para-hydroxylation sites is 2. The number of imide groups is 1. The average Bonchev–Trinajstić information content (AvgIpc) is 3.18. The lowest BCUT2D eigenvalue weighted by Crippen LogP contribution is -2.46. The lowest BCUT2D eigenvalue weighted by molar-refractivity contribution is -0.274. The molecule has 6 rings (SSSR count). The third kappa shape index (κ3) is 5.29. The molecular weight excluding hydrogens is 527 g/mol. The number of carbonyl (C=O) groups is 2. The van der Waals surface area contributed by atoms with Gasteiger partial charge in [0.05, 0.1) is 23.4 Å². The van der Waals surface area contributed by atoms with Crippen LogP contribution in [0.15, 0.2) is 66.7 Å². The number of halogens is 3. The molecule has 40 heavy (non-hydrogen) atoms. The smallest absolute Gasteiger partial charge is 0.486 e. The fraction of sp³-hybridized carbons (Fsp3) is 0.310. The Bertz CT molecular complexity index is 1420. The summed E-state index contributed by atoms with van der Waals surface area (Å²) in [7, 11) is 0. The molecule has 0 unspecified atom stereocenters. The number of fused-ring (bicyclic) bond motifs is 2. The van der Waals surface area contributed by atoms with Crippen LogP contribution in [-0.2, 0) is 6.54 Å². The van der Waals surface area contributed by atoms with Gasteiger partial charge in [-0.15, -0.1) is 13.2 Å². The predicted octanol–water partition coefficient (Wildman–Crippen LogP) is 4.34. The van der Waals surface area contributed by atoms with E-state index in [-0.39, 0.29) is 30.7 Å². The van der Waals surface area contributed by atoms with E-state index in [2.05, 4.69) is 14.5 Å². The van der Waals surface area contributed by atoms with Crippen LogP contribution in [0.4, 0.5) is 18.9 Å². The zero-order valence-corrected chi connectivity index (χ0v) is 21.4. The van der Waals surface area contributed by atoms with E-state index < -0.39 is 12.5 Å². The van der Waals surface area contributed by atoms with Crippen molar-refractivity contribution in [3.8, 4) is 17.2 Å². The summed E-state index contributed by atoms with van der Waals surface area (Å²) in [4.78, 5) is 32.3. The Hall–Kier alpha value is -4.25. The average molecular weight is 554 g/mol. The number of anilines is 1. The summed E-state index contributed by atoms with van der Waals surface area (Å²) in [5.41, 5.74) is 2.37. The van der Waals surface area contributed by atoms with Crippen LogP contribution in [0.1, 0.15) is 26.3 Å². The number of rotatable bonds is 6. The largest absolute Gasteiger partial charge is 0.573 e. The lowest BCUT2D eigenvalue weighted by atomic mass is 10.1. The third-order valence-corrected chi connectivity index (χ3v) is 7.21. The Kier molecular flexibility index (Phi) is 6.75. The summed E-state index contributed by atoms with van der Waals surface area (Å²) in [5, 5.41) is 0. The number of amides is 2. The van der Waals surface area contributed by atoms with Gasteiger partial charge in [-0.3, -0.25) is 19.4 Å². The van der Waals surface area contributed by atoms with Crippen molar-refractivity contribution in [1.29, 1.82) is 0 Å². The molecule has 1 fully saturated rings. The Morgan fingerprint density at radius 3 is 2.30 bits per heavy atom. The second-order valence-electron chi connectivity index (χ2n) is 9.87. The monoisotopic (exact) mass is 553 g/mol. The van der Waals surface area contributed by atoms with Gasteiger partial charge in [0.25, 0.3) is 11.8 Å². The molecule has 0 saturated carbocycles. The molecule has 0 bridgehead atoms. The molecule has 3 heterocycles. The molecule has 1 atom stereocenters. The van der Waals surface area contributed by atoms with Gasteiger partial charge in [-0.1, -0.05) is 30.3 Å². The fourth-order valence-electron chi connectivity index (χ4n) is 5.30. The third-order valence-electron chi connectivity index (χ3n) is 7.21. The summed E-state index contributed by atoms with van der Waals surface area (Å²) in [5.74, 6) is 0.275. The highest BCUT2D eigenvalue weighted by Crippen LogP contribution is 2.35. The van der Waals surface area contributed by atoms with E-state index in [1.54, 1.807) is 30.3 Å². The van der Waals surface area contributed by atoms with Crippen LogP contribution in [-0.4, -0.2) is 73.4 Å². The molecule has 0 radical (unpaired) electrons. The van der Waals surface area contributed by atoms with Crippen LogP contribution in [0, 0.1) is 0 Å². The number of hydrogen-bond donors (Lipinski definition) is 0. The first-order valence-electron chi connectivity index (χ1n) is 12.9. The summed E-state index contributed by atoms with van der Waals surface area (Å²) in [6.07, 6.45) is -5.19. The summed E-state index contributed by atoms with van der Waals surface area (Å²) < 4.78 is 52.9. The number of alkyl halides is 3. The van der Waals surface area contributed by atoms with E-state index in [9.17, 15) is 22.8 Å². The quantitative estimate of drug-likeness (QED) is 0.421. The molecule has 3 aliphatic heterocycles. The number of benzene rings is 3. The van der Waals surface area contributed by atoms with Crippen LogP contribution in [0.5, 0.6) is 17.2 Å². The first kappa shape index (κ1) is 26.0. The molecule has 3 aromatic carbocycles. The van der Waals surface area contributed by atoms with E-state index in [1.807, 2.05) is 24.3 Å². The van der Waals surface area contributed by atoms with Gasteiger partial charge in [0.2, 0.25) is 0 Å². The van der Waals surface area contributed by atoms with E-state index in [0.717, 1.165) is 11.3 Å². The van der Waals surface area contributed by atoms with Gasteiger partial charge < -0.3 is 19.1 Å². The van der Waals surface area contributed by atoms with Gasteiger partial charge in [0.15, 0.2) is 17.6 Å². The number of piperazine rings is 1. The molecule has 3 aromatic rings. The molecule has 0 aromatic heterocycles. The molecule has 3 aliphatic rings. The molecule has 2 amide bonds. The van der Waals surface area contributed by atoms with Crippen molar-refractivity contribution in [2.75, 3.05) is 44.2 Å². The first-order chi connectivity index (χ1) is 19.2. The zero-order valence-electron chi connectivity index (χ0n) is 21.4. The SMILES string of the molecule is O=C1c2cccc(N3CCN(Cc4ccc(OC(F)(F)F)cc4)CC3)c2C(=O)N1C[C@H]1COc2ccccc2O1. The number of nitrogens with zero attached hydrogens (tertiary/aromatic N) is 3. The van der Waals surface area contributed by atoms with Crippen molar-refractivity contribution in [2.24, 2.45) is 0 Å². The topological polar surface area (TPSA) is 71.6 Å². The van der Waals surface area contributed by atoms with Gasteiger partial charge in [0.1, 0.15) is 12.4 Å². The van der Waals surface area contributed by atoms with Crippen molar-refractivity contribution in [1.82, 2.24) is 9.80 Å². The maximum Gasteiger partial charge on any atom is 0.573 e. The maximum absolute atomic E-state index is 13.5. The van der Waals surface area contributed by atoms with E-state index in [1.165, 1.54) is 17.0 Å². The zero-order chi connectivity index (χ0) is 27.9. The van der Waals surface area contributed by atoms with Crippen molar-refractivity contribution in [2.45, 2.75) is 19.0 Å². The number of ether oxygens (including phenoxy) is 3. The minimum absolute atomic E-state index is 0.0840. The maximum atomic E-state index is 13.5. The Morgan fingerprint density at radius 1 is 0.850 bits per heavy atom. The molecule has 0 aliphatic carbocycles. The highest BCUT2D eigenvalue weighted by Gasteiger charge is 2.41. The molecule has 0 N–H and O–H groups in total. The normalized spacial score (nSPS) is 19.1. The van der Waals surface area contributed by atoms with Crippen LogP contribution in [0.25, 0.3) is 0 Å². The summed E-state index contributed by atoms with van der Waals surface area (Å²) in [6, 6.07) is 18.5. The molecule has 8 nitrogen and oxygen atoms in total. The summed E-state index contributed by atoms with van der Waals surface area (Å²) >= 11 is 0. The van der Waals surface area contributed by atoms with Gasteiger partial charge in [0, 0.05) is 32.7 Å². The Labute approximate surface area is 228 Å². The molecule has 208 valence electrons. The number of carbonyl (C=O) groups excluding carboxylic acids is 2. The molecular formula is C29H26F3N3O5. The van der Waals surface area contributed by atoms with E-state index in [4.69, 9.17) is 9.47 Å². The molecule has 11 heteroatoms. The minimum atomic E-state index is -4.72. The standard InChI is InChI=1S/C29H26F3N3O5/c30-29(31,32)40-20-10-8-19(9-11-20)16-33-12-14-34(15-13-33)23-5-3-4-22-26(23)28(37)35(27(22)36)17-21-18-38-24-6-1-2-7-25(24)39-21/h1-11,21H,12-18H2/t21-/m0/s1. The Morgan fingerprint density at radius 2 is 1.57 bits per heavy atom. The highest BCUT2D eigenvalue weighted by molar-refractivity contribution is 6.23. The Balaban J connectivity index is 1.09. The predicted molar refractivity (Wildman–Crippen MR) is 139 cm³/mol. The van der Waals surface area contributed by atoms with E-state index in [0.29, 0.717) is 55.3 Å². The van der Waals surface area contributed by atoms with Crippen molar-refractivity contribution in [3.63, 3.8) is 0 Å². The van der Waals surface area contributed by atoms with Crippen molar-refractivity contribution < 1.29 is 37.0 Å². The van der Waals surface area contributed by atoms with Crippen LogP contribution < -0.4 is 19.1 Å².